The molecule has 0 spiro atoms. The average Bonchev–Trinajstić information content (AvgIpc) is 1.60. The Balaban J connectivity index is -0.0000000389. The van der Waals surface area contributed by atoms with Crippen LogP contribution >= 0.6 is 0 Å². The fourth-order valence-corrected chi connectivity index (χ4v) is 0. The Morgan fingerprint density at radius 2 is 0.917 bits per heavy atom. The van der Waals surface area contributed by atoms with Gasteiger partial charge in [-0.05, 0) is 34.6 Å². The van der Waals surface area contributed by atoms with Crippen molar-refractivity contribution in [2.45, 2.75) is 46.8 Å². The zero-order valence-corrected chi connectivity index (χ0v) is 8.91. The van der Waals surface area contributed by atoms with E-state index in [-0.39, 0.29) is 25.0 Å². The first-order chi connectivity index (χ1) is 4.88. The summed E-state index contributed by atoms with van der Waals surface area (Å²) in [5, 5.41) is 23.7. The van der Waals surface area contributed by atoms with E-state index in [1.807, 2.05) is 0 Å². The molecule has 0 rings (SSSR count). The van der Waals surface area contributed by atoms with Crippen molar-refractivity contribution in [2.75, 3.05) is 6.61 Å². The number of hydrogen-bond donors (Lipinski definition) is 4. The second kappa shape index (κ2) is 22.4. The number of aliphatic hydroxyl groups excluding tert-OH is 3. The lowest BCUT2D eigenvalue weighted by Gasteiger charge is -1.80. The Morgan fingerprint density at radius 1 is 0.917 bits per heavy atom. The van der Waals surface area contributed by atoms with Crippen molar-refractivity contribution in [3.8, 4) is 0 Å². The van der Waals surface area contributed by atoms with E-state index in [1.165, 1.54) is 0 Å². The quantitative estimate of drug-likeness (QED) is 0.449. The average molecular weight is 183 g/mol. The maximum absolute atomic E-state index is 8.06. The minimum atomic E-state index is -0.167. The second-order valence-electron chi connectivity index (χ2n) is 2.50. The van der Waals surface area contributed by atoms with Crippen LogP contribution in [0.2, 0.25) is 0 Å². The van der Waals surface area contributed by atoms with Gasteiger partial charge in [-0.2, -0.15) is 0 Å². The first-order valence-corrected chi connectivity index (χ1v) is 3.85. The first-order valence-electron chi connectivity index (χ1n) is 3.85. The molecular weight excluding hydrogens is 158 g/mol. The van der Waals surface area contributed by atoms with E-state index < -0.39 is 0 Å². The summed E-state index contributed by atoms with van der Waals surface area (Å²) in [5.41, 5.74) is 0. The van der Waals surface area contributed by atoms with E-state index in [2.05, 4.69) is 0 Å². The fraction of sp³-hybridized carbons (Fsp3) is 1.00. The van der Waals surface area contributed by atoms with Gasteiger partial charge in [0.05, 0.1) is 0 Å². The minimum Gasteiger partial charge on any atom is -0.397 e. The molecular formula is C8H25NO3. The molecule has 0 aliphatic rings. The van der Waals surface area contributed by atoms with Crippen LogP contribution in [-0.4, -0.2) is 34.1 Å². The summed E-state index contributed by atoms with van der Waals surface area (Å²) in [7, 11) is 0. The summed E-state index contributed by atoms with van der Waals surface area (Å²) in [6, 6.07) is 0. The van der Waals surface area contributed by atoms with E-state index >= 15 is 0 Å². The van der Waals surface area contributed by atoms with Crippen LogP contribution in [0.15, 0.2) is 0 Å². The van der Waals surface area contributed by atoms with Crippen molar-refractivity contribution in [3.05, 3.63) is 0 Å². The minimum absolute atomic E-state index is 0. The van der Waals surface area contributed by atoms with Crippen molar-refractivity contribution < 1.29 is 15.3 Å². The first kappa shape index (κ1) is 22.6. The molecule has 0 aliphatic carbocycles. The summed E-state index contributed by atoms with van der Waals surface area (Å²) in [6.07, 6.45) is -0.333. The van der Waals surface area contributed by atoms with Gasteiger partial charge in [0.2, 0.25) is 0 Å². The summed E-state index contributed by atoms with van der Waals surface area (Å²) in [5.74, 6) is 0. The van der Waals surface area contributed by atoms with E-state index in [4.69, 9.17) is 15.3 Å². The van der Waals surface area contributed by atoms with Crippen molar-refractivity contribution in [3.63, 3.8) is 0 Å². The highest BCUT2D eigenvalue weighted by Gasteiger charge is 1.69. The Labute approximate surface area is 75.8 Å². The summed E-state index contributed by atoms with van der Waals surface area (Å²) in [6.45, 7) is 8.82. The largest absolute Gasteiger partial charge is 0.397 e. The standard InChI is InChI=1S/2C3H8O.C2H6O.H3N/c2*1-3(2)4;1-2-3;/h2*3-4H,1-2H3;3H,2H2,1H3;1H3. The summed E-state index contributed by atoms with van der Waals surface area (Å²) < 4.78 is 0. The van der Waals surface area contributed by atoms with Crippen molar-refractivity contribution in [1.82, 2.24) is 6.15 Å². The Kier molecular flexibility index (Phi) is 42.3. The Morgan fingerprint density at radius 3 is 0.917 bits per heavy atom. The van der Waals surface area contributed by atoms with Gasteiger partial charge in [0.15, 0.2) is 0 Å². The normalized spacial score (nSPS) is 7.50. The number of rotatable bonds is 0. The molecule has 0 amide bonds. The third-order valence-electron chi connectivity index (χ3n) is 0. The van der Waals surface area contributed by atoms with Crippen LogP contribution in [0.25, 0.3) is 0 Å². The summed E-state index contributed by atoms with van der Waals surface area (Å²) in [4.78, 5) is 0. The third kappa shape index (κ3) is 30000. The number of hydrogen-bond acceptors (Lipinski definition) is 4. The number of aliphatic hydroxyl groups is 3. The molecule has 0 unspecified atom stereocenters. The van der Waals surface area contributed by atoms with Gasteiger partial charge in [0, 0.05) is 18.8 Å². The predicted octanol–water partition coefficient (Wildman–Crippen LogP) is 0.935. The van der Waals surface area contributed by atoms with Crippen LogP contribution in [0.5, 0.6) is 0 Å². The van der Waals surface area contributed by atoms with Crippen LogP contribution in [0.4, 0.5) is 0 Å². The Hall–Kier alpha value is -0.160. The maximum atomic E-state index is 8.06. The molecule has 0 saturated heterocycles. The molecule has 4 heteroatoms. The molecule has 0 aromatic carbocycles. The molecule has 0 aromatic rings. The molecule has 6 N–H and O–H groups in total. The molecule has 0 aromatic heterocycles. The predicted molar refractivity (Wildman–Crippen MR) is 52.5 cm³/mol. The zero-order valence-electron chi connectivity index (χ0n) is 8.91. The summed E-state index contributed by atoms with van der Waals surface area (Å²) >= 11 is 0. The highest BCUT2D eigenvalue weighted by atomic mass is 16.3. The SMILES string of the molecule is CC(C)O.CC(C)O.CCO.N. The van der Waals surface area contributed by atoms with Crippen LogP contribution in [0, 0.1) is 0 Å². The third-order valence-corrected chi connectivity index (χ3v) is 0. The van der Waals surface area contributed by atoms with Crippen molar-refractivity contribution >= 4 is 0 Å². The molecule has 0 radical (unpaired) electrons. The van der Waals surface area contributed by atoms with E-state index in [1.54, 1.807) is 34.6 Å². The van der Waals surface area contributed by atoms with Crippen LogP contribution in [-0.2, 0) is 0 Å². The van der Waals surface area contributed by atoms with Crippen LogP contribution in [0.3, 0.4) is 0 Å². The fourth-order valence-electron chi connectivity index (χ4n) is 0. The van der Waals surface area contributed by atoms with E-state index in [0.29, 0.717) is 0 Å². The van der Waals surface area contributed by atoms with Gasteiger partial charge in [-0.25, -0.2) is 0 Å². The zero-order chi connectivity index (χ0) is 9.86. The molecule has 80 valence electrons. The second-order valence-corrected chi connectivity index (χ2v) is 2.50. The maximum Gasteiger partial charge on any atom is 0.0483 e. The van der Waals surface area contributed by atoms with Gasteiger partial charge in [0.25, 0.3) is 0 Å². The molecule has 0 fully saturated rings. The molecule has 0 bridgehead atoms. The van der Waals surface area contributed by atoms with Gasteiger partial charge >= 0.3 is 0 Å². The monoisotopic (exact) mass is 183 g/mol. The van der Waals surface area contributed by atoms with Gasteiger partial charge in [-0.1, -0.05) is 0 Å². The Bertz CT molecular complexity index is 38.1. The van der Waals surface area contributed by atoms with Gasteiger partial charge < -0.3 is 21.5 Å². The van der Waals surface area contributed by atoms with Crippen LogP contribution in [0.1, 0.15) is 34.6 Å². The van der Waals surface area contributed by atoms with Gasteiger partial charge in [-0.3, -0.25) is 0 Å². The van der Waals surface area contributed by atoms with Crippen molar-refractivity contribution in [1.29, 1.82) is 0 Å². The van der Waals surface area contributed by atoms with Crippen LogP contribution < -0.4 is 6.15 Å². The highest BCUT2D eigenvalue weighted by molar-refractivity contribution is 4.21. The lowest BCUT2D eigenvalue weighted by atomic mass is 10.5. The molecule has 4 nitrogen and oxygen atoms in total. The smallest absolute Gasteiger partial charge is 0.0483 e. The molecule has 12 heavy (non-hydrogen) atoms. The van der Waals surface area contributed by atoms with Gasteiger partial charge in [0.1, 0.15) is 0 Å². The topological polar surface area (TPSA) is 95.7 Å². The van der Waals surface area contributed by atoms with Crippen molar-refractivity contribution in [2.24, 2.45) is 0 Å². The van der Waals surface area contributed by atoms with Gasteiger partial charge in [-0.15, -0.1) is 0 Å². The molecule has 0 saturated carbocycles. The molecule has 0 heterocycles. The molecule has 0 aliphatic heterocycles. The lowest BCUT2D eigenvalue weighted by molar-refractivity contribution is 0.215. The highest BCUT2D eigenvalue weighted by Crippen LogP contribution is 1.65. The van der Waals surface area contributed by atoms with E-state index in [0.717, 1.165) is 0 Å². The molecule has 0 atom stereocenters. The lowest BCUT2D eigenvalue weighted by Crippen LogP contribution is -1.85. The van der Waals surface area contributed by atoms with E-state index in [9.17, 15) is 0 Å².